The minimum atomic E-state index is -0.764. The molecule has 0 saturated heterocycles. The van der Waals surface area contributed by atoms with Gasteiger partial charge in [-0.3, -0.25) is 0 Å². The Morgan fingerprint density at radius 1 is 0.778 bits per heavy atom. The fourth-order valence-corrected chi connectivity index (χ4v) is 5.81. The van der Waals surface area contributed by atoms with Gasteiger partial charge in [-0.15, -0.1) is 0 Å². The fourth-order valence-electron chi connectivity index (χ4n) is 0.866. The quantitative estimate of drug-likeness (QED) is 0.466. The van der Waals surface area contributed by atoms with Crippen LogP contribution in [0.1, 0.15) is 20.8 Å². The Labute approximate surface area is 78.4 Å². The first-order valence-electron chi connectivity index (χ1n) is 3.35. The summed E-state index contributed by atoms with van der Waals surface area (Å²) in [6.45, 7) is 7.06. The summed E-state index contributed by atoms with van der Waals surface area (Å²) in [5, 5.41) is 0. The van der Waals surface area contributed by atoms with E-state index in [-0.39, 0.29) is 24.8 Å². The maximum Gasteiger partial charge on any atom is -1.00 e. The van der Waals surface area contributed by atoms with E-state index in [9.17, 15) is 0 Å². The topological polar surface area (TPSA) is 0 Å². The maximum absolute atomic E-state index is 2.35. The molecule has 3 heteroatoms. The van der Waals surface area contributed by atoms with Crippen LogP contribution in [-0.4, -0.2) is 19.8 Å². The van der Waals surface area contributed by atoms with E-state index in [0.717, 1.165) is 0 Å². The van der Waals surface area contributed by atoms with Crippen molar-refractivity contribution in [1.29, 1.82) is 0 Å². The van der Waals surface area contributed by atoms with Crippen LogP contribution in [0.3, 0.4) is 0 Å². The maximum atomic E-state index is 2.35. The number of hydrogen-bond acceptors (Lipinski definition) is 0. The van der Waals surface area contributed by atoms with Gasteiger partial charge in [0.2, 0.25) is 0 Å². The van der Waals surface area contributed by atoms with E-state index >= 15 is 0 Å². The zero-order chi connectivity index (χ0) is 5.70. The zero-order valence-corrected chi connectivity index (χ0v) is 11.3. The van der Waals surface area contributed by atoms with Crippen molar-refractivity contribution in [2.75, 3.05) is 0 Å². The van der Waals surface area contributed by atoms with Gasteiger partial charge in [-0.2, -0.15) is 0 Å². The Hall–Kier alpha value is 1.38. The third kappa shape index (κ3) is 9.38. The molecule has 0 rings (SSSR count). The van der Waals surface area contributed by atoms with Gasteiger partial charge >= 0.3 is 53.8 Å². The summed E-state index contributed by atoms with van der Waals surface area (Å²) in [5.41, 5.74) is 0. The molecule has 2 radical (unpaired) electrons. The van der Waals surface area contributed by atoms with Gasteiger partial charge < -0.3 is 24.8 Å². The van der Waals surface area contributed by atoms with Crippen molar-refractivity contribution < 1.29 is 24.8 Å². The number of rotatable bonds is 3. The van der Waals surface area contributed by atoms with Crippen molar-refractivity contribution in [1.82, 2.24) is 0 Å². The van der Waals surface area contributed by atoms with Gasteiger partial charge in [-0.1, -0.05) is 0 Å². The molecule has 0 aliphatic heterocycles. The third-order valence-electron chi connectivity index (χ3n) is 1.73. The second-order valence-corrected chi connectivity index (χ2v) is 14.0. The van der Waals surface area contributed by atoms with Gasteiger partial charge in [0.15, 0.2) is 0 Å². The summed E-state index contributed by atoms with van der Waals surface area (Å²) in [6.07, 6.45) is 0. The van der Waals surface area contributed by atoms with E-state index in [1.54, 1.807) is 13.3 Å². The normalized spacial score (nSPS) is 8.00. The molecule has 0 saturated carbocycles. The average Bonchev–Trinajstić information content (AvgIpc) is 1.72. The van der Waals surface area contributed by atoms with Gasteiger partial charge in [0.25, 0.3) is 0 Å². The fraction of sp³-hybridized carbons (Fsp3) is 1.00. The van der Waals surface area contributed by atoms with E-state index in [0.29, 0.717) is 0 Å². The molecule has 9 heavy (non-hydrogen) atoms. The third-order valence-corrected chi connectivity index (χ3v) is 11.6. The van der Waals surface area contributed by atoms with Gasteiger partial charge in [0.05, 0.1) is 0 Å². The van der Waals surface area contributed by atoms with Crippen LogP contribution in [0, 0.1) is 0 Å². The monoisotopic (exact) mass is 278 g/mol. The van der Waals surface area contributed by atoms with E-state index < -0.39 is 19.8 Å². The van der Waals surface area contributed by atoms with Crippen molar-refractivity contribution in [2.45, 2.75) is 34.1 Å². The molecule has 0 atom stereocenters. The SMILES string of the molecule is C[CH2][SnH+2]([CH2]C)[CH2]C.[Cl-].[Cl-]. The van der Waals surface area contributed by atoms with Gasteiger partial charge in [0, 0.05) is 0 Å². The first-order valence-corrected chi connectivity index (χ1v) is 10.3. The van der Waals surface area contributed by atoms with Crippen molar-refractivity contribution in [3.8, 4) is 0 Å². The molecule has 0 aromatic rings. The molecule has 0 aromatic carbocycles. The largest absolute Gasteiger partial charge is 1.00 e. The minimum absolute atomic E-state index is 0. The van der Waals surface area contributed by atoms with Crippen LogP contribution in [0.5, 0.6) is 0 Å². The van der Waals surface area contributed by atoms with Crippen LogP contribution in [0.4, 0.5) is 0 Å². The van der Waals surface area contributed by atoms with Crippen molar-refractivity contribution in [2.24, 2.45) is 0 Å². The second-order valence-electron chi connectivity index (χ2n) is 2.09. The summed E-state index contributed by atoms with van der Waals surface area (Å²) < 4.78 is 4.69. The second kappa shape index (κ2) is 12.1. The molecule has 0 bridgehead atoms. The predicted molar refractivity (Wildman–Crippen MR) is 38.6 cm³/mol. The Bertz CT molecular complexity index is 32.5. The number of halogens is 2. The molecule has 0 unspecified atom stereocenters. The zero-order valence-electron chi connectivity index (χ0n) is 6.45. The van der Waals surface area contributed by atoms with Crippen molar-refractivity contribution >= 4 is 19.8 Å². The van der Waals surface area contributed by atoms with Crippen LogP contribution in [0.15, 0.2) is 0 Å². The molecule has 0 spiro atoms. The van der Waals surface area contributed by atoms with Crippen LogP contribution in [0.25, 0.3) is 0 Å². The Morgan fingerprint density at radius 3 is 1.00 bits per heavy atom. The van der Waals surface area contributed by atoms with E-state index in [1.807, 2.05) is 0 Å². The average molecular weight is 278 g/mol. The van der Waals surface area contributed by atoms with Crippen LogP contribution < -0.4 is 24.8 Å². The summed E-state index contributed by atoms with van der Waals surface area (Å²) >= 11 is -0.764. The molecular formula is C6H16Cl2Sn. The van der Waals surface area contributed by atoms with Crippen LogP contribution >= 0.6 is 0 Å². The first-order chi connectivity index (χ1) is 3.35. The van der Waals surface area contributed by atoms with E-state index in [4.69, 9.17) is 0 Å². The first kappa shape index (κ1) is 16.8. The summed E-state index contributed by atoms with van der Waals surface area (Å²) in [7, 11) is 0. The van der Waals surface area contributed by atoms with Crippen molar-refractivity contribution in [3.05, 3.63) is 0 Å². The molecule has 58 valence electrons. The summed E-state index contributed by atoms with van der Waals surface area (Å²) in [6, 6.07) is 0. The summed E-state index contributed by atoms with van der Waals surface area (Å²) in [4.78, 5) is 0. The summed E-state index contributed by atoms with van der Waals surface area (Å²) in [5.74, 6) is 0. The Morgan fingerprint density at radius 2 is 1.00 bits per heavy atom. The van der Waals surface area contributed by atoms with E-state index in [2.05, 4.69) is 20.8 Å². The van der Waals surface area contributed by atoms with E-state index in [1.165, 1.54) is 0 Å². The predicted octanol–water partition coefficient (Wildman–Crippen LogP) is -3.72. The Balaban J connectivity index is -0.000000180. The molecule has 0 N–H and O–H groups in total. The molecule has 0 aliphatic rings. The Kier molecular flexibility index (Phi) is 22.5. The molecular weight excluding hydrogens is 262 g/mol. The molecule has 0 aromatic heterocycles. The van der Waals surface area contributed by atoms with Crippen molar-refractivity contribution in [3.63, 3.8) is 0 Å². The van der Waals surface area contributed by atoms with Crippen LogP contribution in [0.2, 0.25) is 13.3 Å². The van der Waals surface area contributed by atoms with Gasteiger partial charge in [-0.25, -0.2) is 0 Å². The molecule has 0 nitrogen and oxygen atoms in total. The smallest absolute Gasteiger partial charge is 1.00 e. The van der Waals surface area contributed by atoms with Crippen LogP contribution in [-0.2, 0) is 0 Å². The standard InChI is InChI=1S/3C2H5.2ClH.Sn.H/c3*1-2;;;;/h3*1H2,2H3;2*1H;;/q;;;;;+2;/p-2. The molecule has 0 heterocycles. The number of hydrogen-bond donors (Lipinski definition) is 0. The molecule has 0 amide bonds. The van der Waals surface area contributed by atoms with Gasteiger partial charge in [-0.05, 0) is 0 Å². The molecule has 0 fully saturated rings. The molecule has 0 aliphatic carbocycles. The van der Waals surface area contributed by atoms with Gasteiger partial charge in [0.1, 0.15) is 0 Å². The minimum Gasteiger partial charge on any atom is -1.00 e.